The molecule has 23 heavy (non-hydrogen) atoms. The summed E-state index contributed by atoms with van der Waals surface area (Å²) in [4.78, 5) is 11.5. The van der Waals surface area contributed by atoms with Crippen LogP contribution in [0, 0.1) is 0 Å². The van der Waals surface area contributed by atoms with Gasteiger partial charge >= 0.3 is 0 Å². The molecule has 3 N–H and O–H groups in total. The van der Waals surface area contributed by atoms with Crippen molar-refractivity contribution >= 4 is 5.91 Å². The largest absolute Gasteiger partial charge is 0.396 e. The minimum Gasteiger partial charge on any atom is -0.396 e. The first-order valence-corrected chi connectivity index (χ1v) is 8.84. The molecule has 1 rings (SSSR count). The number of hydrogen-bond acceptors (Lipinski definition) is 5. The van der Waals surface area contributed by atoms with Gasteiger partial charge in [0.25, 0.3) is 0 Å². The van der Waals surface area contributed by atoms with E-state index in [1.165, 1.54) is 6.92 Å². The van der Waals surface area contributed by atoms with Gasteiger partial charge in [0, 0.05) is 26.6 Å². The third-order valence-corrected chi connectivity index (χ3v) is 4.52. The summed E-state index contributed by atoms with van der Waals surface area (Å²) >= 11 is 0. The number of aliphatic hydroxyl groups is 2. The highest BCUT2D eigenvalue weighted by atomic mass is 16.7. The quantitative estimate of drug-likeness (QED) is 0.531. The van der Waals surface area contributed by atoms with Crippen LogP contribution in [0.5, 0.6) is 0 Å². The first-order valence-electron chi connectivity index (χ1n) is 8.84. The molecule has 1 aliphatic rings. The second-order valence-corrected chi connectivity index (χ2v) is 6.38. The Morgan fingerprint density at radius 1 is 1.30 bits per heavy atom. The van der Waals surface area contributed by atoms with Crippen LogP contribution >= 0.6 is 0 Å². The molecule has 0 aromatic heterocycles. The van der Waals surface area contributed by atoms with Gasteiger partial charge in [0.2, 0.25) is 5.91 Å². The zero-order valence-electron chi connectivity index (χ0n) is 14.7. The Bertz CT molecular complexity index is 352. The van der Waals surface area contributed by atoms with E-state index in [1.807, 2.05) is 13.8 Å². The van der Waals surface area contributed by atoms with E-state index in [0.717, 1.165) is 32.1 Å². The van der Waals surface area contributed by atoms with Crippen LogP contribution in [-0.2, 0) is 14.3 Å². The van der Waals surface area contributed by atoms with Crippen molar-refractivity contribution in [1.82, 2.24) is 5.32 Å². The maximum Gasteiger partial charge on any atom is 0.217 e. The summed E-state index contributed by atoms with van der Waals surface area (Å²) in [5, 5.41) is 22.5. The fraction of sp³-hybridized carbons (Fsp3) is 0.941. The predicted molar refractivity (Wildman–Crippen MR) is 87.9 cm³/mol. The Morgan fingerprint density at radius 3 is 2.57 bits per heavy atom. The average Bonchev–Trinajstić information content (AvgIpc) is 2.53. The lowest BCUT2D eigenvalue weighted by Gasteiger charge is -2.47. The summed E-state index contributed by atoms with van der Waals surface area (Å²) < 4.78 is 11.8. The zero-order chi connectivity index (χ0) is 17.3. The van der Waals surface area contributed by atoms with Gasteiger partial charge in [-0.05, 0) is 25.7 Å². The van der Waals surface area contributed by atoms with E-state index in [9.17, 15) is 9.90 Å². The molecule has 6 nitrogen and oxygen atoms in total. The minimum absolute atomic E-state index is 0.0654. The molecule has 1 fully saturated rings. The molecule has 0 aliphatic carbocycles. The van der Waals surface area contributed by atoms with Gasteiger partial charge in [0.15, 0.2) is 6.29 Å². The molecule has 0 aromatic carbocycles. The number of ether oxygens (including phenoxy) is 2. The molecule has 0 radical (unpaired) electrons. The molecule has 1 amide bonds. The minimum atomic E-state index is -1.01. The second-order valence-electron chi connectivity index (χ2n) is 6.38. The van der Waals surface area contributed by atoms with Crippen molar-refractivity contribution < 1.29 is 24.5 Å². The van der Waals surface area contributed by atoms with E-state index < -0.39 is 17.9 Å². The Balaban J connectivity index is 2.63. The summed E-state index contributed by atoms with van der Waals surface area (Å²) in [5.41, 5.74) is -1.01. The number of aliphatic hydroxyl groups excluding tert-OH is 1. The van der Waals surface area contributed by atoms with E-state index in [2.05, 4.69) is 5.32 Å². The van der Waals surface area contributed by atoms with E-state index in [4.69, 9.17) is 14.6 Å². The number of unbranched alkanes of at least 4 members (excludes halogenated alkanes) is 3. The van der Waals surface area contributed by atoms with Gasteiger partial charge in [-0.3, -0.25) is 4.79 Å². The maximum atomic E-state index is 11.5. The molecule has 4 atom stereocenters. The first-order chi connectivity index (χ1) is 11.0. The van der Waals surface area contributed by atoms with E-state index in [1.54, 1.807) is 0 Å². The Kier molecular flexibility index (Phi) is 9.06. The van der Waals surface area contributed by atoms with Gasteiger partial charge in [-0.1, -0.05) is 26.7 Å². The van der Waals surface area contributed by atoms with Gasteiger partial charge in [0.05, 0.1) is 11.7 Å². The van der Waals surface area contributed by atoms with E-state index in [0.29, 0.717) is 19.4 Å². The molecule has 0 saturated carbocycles. The monoisotopic (exact) mass is 331 g/mol. The molecule has 1 aliphatic heterocycles. The van der Waals surface area contributed by atoms with Crippen molar-refractivity contribution in [2.24, 2.45) is 0 Å². The summed E-state index contributed by atoms with van der Waals surface area (Å²) in [5.74, 6) is -0.197. The summed E-state index contributed by atoms with van der Waals surface area (Å²) in [7, 11) is 0. The summed E-state index contributed by atoms with van der Waals surface area (Å²) in [6, 6.07) is -0.551. The van der Waals surface area contributed by atoms with Crippen molar-refractivity contribution in [2.45, 2.75) is 89.8 Å². The standard InChI is InChI=1S/C17H33NO5/c1-4-14-12-17(21,5-2)15(18-13(3)20)16(23-14)22-11-9-7-6-8-10-19/h14-16,19,21H,4-12H2,1-3H3,(H,18,20)/t14?,15?,16-,17?/m1/s1. The SMILES string of the molecule is CCC1CC(O)(CC)C(NC(C)=O)[C@H](OCCCCCCO)O1. The van der Waals surface area contributed by atoms with Crippen LogP contribution in [0.15, 0.2) is 0 Å². The molecular weight excluding hydrogens is 298 g/mol. The smallest absolute Gasteiger partial charge is 0.217 e. The Labute approximate surface area is 139 Å². The van der Waals surface area contributed by atoms with E-state index >= 15 is 0 Å². The first kappa shape index (κ1) is 20.4. The Morgan fingerprint density at radius 2 is 2.00 bits per heavy atom. The summed E-state index contributed by atoms with van der Waals surface area (Å²) in [6.07, 6.45) is 4.77. The van der Waals surface area contributed by atoms with Gasteiger partial charge in [-0.25, -0.2) is 0 Å². The van der Waals surface area contributed by atoms with Crippen LogP contribution < -0.4 is 5.32 Å². The highest BCUT2D eigenvalue weighted by Gasteiger charge is 2.48. The fourth-order valence-corrected chi connectivity index (χ4v) is 3.02. The molecule has 0 bridgehead atoms. The third-order valence-electron chi connectivity index (χ3n) is 4.52. The molecule has 136 valence electrons. The lowest BCUT2D eigenvalue weighted by Crippen LogP contribution is -2.64. The molecule has 6 heteroatoms. The van der Waals surface area contributed by atoms with Gasteiger partial charge in [0.1, 0.15) is 6.04 Å². The lowest BCUT2D eigenvalue weighted by atomic mass is 9.82. The summed E-state index contributed by atoms with van der Waals surface area (Å²) in [6.45, 7) is 6.11. The highest BCUT2D eigenvalue weighted by molar-refractivity contribution is 5.73. The second kappa shape index (κ2) is 10.2. The normalized spacial score (nSPS) is 31.1. The number of hydrogen-bond donors (Lipinski definition) is 3. The molecule has 1 heterocycles. The number of rotatable bonds is 10. The van der Waals surface area contributed by atoms with Crippen molar-refractivity contribution in [3.8, 4) is 0 Å². The number of nitrogens with one attached hydrogen (secondary N) is 1. The third kappa shape index (κ3) is 6.37. The Hall–Kier alpha value is -0.690. The van der Waals surface area contributed by atoms with Crippen molar-refractivity contribution in [3.63, 3.8) is 0 Å². The molecule has 0 aromatic rings. The van der Waals surface area contributed by atoms with Crippen molar-refractivity contribution in [1.29, 1.82) is 0 Å². The van der Waals surface area contributed by atoms with E-state index in [-0.39, 0.29) is 18.6 Å². The zero-order valence-corrected chi connectivity index (χ0v) is 14.7. The molecular formula is C17H33NO5. The predicted octanol–water partition coefficient (Wildman–Crippen LogP) is 1.73. The van der Waals surface area contributed by atoms with Crippen LogP contribution in [0.3, 0.4) is 0 Å². The van der Waals surface area contributed by atoms with Crippen molar-refractivity contribution in [3.05, 3.63) is 0 Å². The van der Waals surface area contributed by atoms with Crippen LogP contribution in [0.25, 0.3) is 0 Å². The number of carbonyl (C=O) groups is 1. The highest BCUT2D eigenvalue weighted by Crippen LogP contribution is 2.34. The van der Waals surface area contributed by atoms with Crippen LogP contribution in [0.4, 0.5) is 0 Å². The van der Waals surface area contributed by atoms with Gasteiger partial charge in [-0.15, -0.1) is 0 Å². The average molecular weight is 331 g/mol. The van der Waals surface area contributed by atoms with Crippen LogP contribution in [0.2, 0.25) is 0 Å². The fourth-order valence-electron chi connectivity index (χ4n) is 3.02. The van der Waals surface area contributed by atoms with Gasteiger partial charge < -0.3 is 25.0 Å². The molecule has 1 saturated heterocycles. The number of amides is 1. The molecule has 0 spiro atoms. The van der Waals surface area contributed by atoms with Gasteiger partial charge in [-0.2, -0.15) is 0 Å². The lowest BCUT2D eigenvalue weighted by molar-refractivity contribution is -0.257. The van der Waals surface area contributed by atoms with Crippen LogP contribution in [0.1, 0.15) is 65.7 Å². The molecule has 3 unspecified atom stereocenters. The topological polar surface area (TPSA) is 88.0 Å². The van der Waals surface area contributed by atoms with Crippen LogP contribution in [-0.4, -0.2) is 53.4 Å². The number of carbonyl (C=O) groups excluding carboxylic acids is 1. The maximum absolute atomic E-state index is 11.5. The van der Waals surface area contributed by atoms with Crippen molar-refractivity contribution in [2.75, 3.05) is 13.2 Å².